The van der Waals surface area contributed by atoms with Crippen molar-refractivity contribution in [1.82, 2.24) is 4.90 Å². The van der Waals surface area contributed by atoms with Crippen LogP contribution < -0.4 is 0 Å². The lowest BCUT2D eigenvalue weighted by molar-refractivity contribution is -0.149. The highest BCUT2D eigenvalue weighted by Crippen LogP contribution is 2.09. The van der Waals surface area contributed by atoms with Gasteiger partial charge in [0.25, 0.3) is 0 Å². The molecular formula is C11H21NO3. The summed E-state index contributed by atoms with van der Waals surface area (Å²) >= 11 is 0. The summed E-state index contributed by atoms with van der Waals surface area (Å²) in [5.74, 6) is -0.0955. The van der Waals surface area contributed by atoms with E-state index in [-0.39, 0.29) is 12.0 Å². The van der Waals surface area contributed by atoms with E-state index in [4.69, 9.17) is 9.47 Å². The van der Waals surface area contributed by atoms with Crippen LogP contribution >= 0.6 is 0 Å². The summed E-state index contributed by atoms with van der Waals surface area (Å²) in [7, 11) is 0. The van der Waals surface area contributed by atoms with Gasteiger partial charge in [0.2, 0.25) is 0 Å². The van der Waals surface area contributed by atoms with Gasteiger partial charge in [-0.1, -0.05) is 6.92 Å². The predicted octanol–water partition coefficient (Wildman–Crippen LogP) is 1.05. The number of rotatable bonds is 4. The van der Waals surface area contributed by atoms with Crippen molar-refractivity contribution in [3.8, 4) is 0 Å². The molecule has 0 spiro atoms. The molecule has 1 atom stereocenters. The van der Waals surface area contributed by atoms with E-state index >= 15 is 0 Å². The monoisotopic (exact) mass is 215 g/mol. The van der Waals surface area contributed by atoms with E-state index in [9.17, 15) is 4.79 Å². The molecule has 4 nitrogen and oxygen atoms in total. The van der Waals surface area contributed by atoms with E-state index in [1.165, 1.54) is 0 Å². The van der Waals surface area contributed by atoms with Crippen molar-refractivity contribution in [2.75, 3.05) is 32.9 Å². The molecule has 0 aliphatic carbocycles. The van der Waals surface area contributed by atoms with Crippen molar-refractivity contribution in [1.29, 1.82) is 0 Å². The van der Waals surface area contributed by atoms with E-state index in [2.05, 4.69) is 4.90 Å². The topological polar surface area (TPSA) is 38.8 Å². The molecular weight excluding hydrogens is 194 g/mol. The molecule has 0 N–H and O–H groups in total. The van der Waals surface area contributed by atoms with Crippen molar-refractivity contribution in [3.63, 3.8) is 0 Å². The summed E-state index contributed by atoms with van der Waals surface area (Å²) in [5.41, 5.74) is 0. The molecule has 1 unspecified atom stereocenters. The van der Waals surface area contributed by atoms with Crippen molar-refractivity contribution in [2.24, 2.45) is 0 Å². The van der Waals surface area contributed by atoms with Crippen molar-refractivity contribution in [3.05, 3.63) is 0 Å². The Hall–Kier alpha value is -0.610. The third-order valence-electron chi connectivity index (χ3n) is 2.64. The zero-order valence-electron chi connectivity index (χ0n) is 9.70. The Kier molecular flexibility index (Phi) is 5.65. The second-order valence-electron chi connectivity index (χ2n) is 3.68. The number of ether oxygens (including phenoxy) is 2. The Bertz CT molecular complexity index is 188. The third kappa shape index (κ3) is 3.80. The number of esters is 1. The second kappa shape index (κ2) is 6.80. The molecule has 15 heavy (non-hydrogen) atoms. The summed E-state index contributed by atoms with van der Waals surface area (Å²) in [4.78, 5) is 13.9. The van der Waals surface area contributed by atoms with Gasteiger partial charge >= 0.3 is 5.97 Å². The molecule has 1 fully saturated rings. The minimum absolute atomic E-state index is 0.0911. The highest BCUT2D eigenvalue weighted by atomic mass is 16.5. The van der Waals surface area contributed by atoms with E-state index in [0.717, 1.165) is 39.1 Å². The van der Waals surface area contributed by atoms with Gasteiger partial charge in [-0.25, -0.2) is 0 Å². The van der Waals surface area contributed by atoms with Gasteiger partial charge in [-0.05, 0) is 19.8 Å². The first-order valence-corrected chi connectivity index (χ1v) is 5.78. The number of hydrogen-bond acceptors (Lipinski definition) is 4. The Morgan fingerprint density at radius 2 is 2.20 bits per heavy atom. The average Bonchev–Trinajstić information content (AvgIpc) is 2.48. The van der Waals surface area contributed by atoms with Crippen LogP contribution in [0.4, 0.5) is 0 Å². The lowest BCUT2D eigenvalue weighted by Crippen LogP contribution is -2.43. The standard InChI is InChI=1S/C11H21NO3/c1-3-10(11(13)15-4-2)12-6-5-8-14-9-7-12/h10H,3-9H2,1-2H3. The van der Waals surface area contributed by atoms with Crippen molar-refractivity contribution in [2.45, 2.75) is 32.7 Å². The summed E-state index contributed by atoms with van der Waals surface area (Å²) < 4.78 is 10.4. The fourth-order valence-electron chi connectivity index (χ4n) is 1.89. The van der Waals surface area contributed by atoms with Crippen LogP contribution in [0.2, 0.25) is 0 Å². The smallest absolute Gasteiger partial charge is 0.323 e. The van der Waals surface area contributed by atoms with Crippen molar-refractivity contribution < 1.29 is 14.3 Å². The molecule has 0 saturated carbocycles. The van der Waals surface area contributed by atoms with Gasteiger partial charge in [0, 0.05) is 19.7 Å². The lowest BCUT2D eigenvalue weighted by Gasteiger charge is -2.27. The third-order valence-corrected chi connectivity index (χ3v) is 2.64. The van der Waals surface area contributed by atoms with E-state index in [1.807, 2.05) is 13.8 Å². The largest absolute Gasteiger partial charge is 0.465 e. The molecule has 1 rings (SSSR count). The molecule has 0 aromatic rings. The fourth-order valence-corrected chi connectivity index (χ4v) is 1.89. The number of hydrogen-bond donors (Lipinski definition) is 0. The molecule has 0 aromatic heterocycles. The van der Waals surface area contributed by atoms with E-state index < -0.39 is 0 Å². The first-order valence-electron chi connectivity index (χ1n) is 5.78. The molecule has 1 heterocycles. The number of nitrogens with zero attached hydrogens (tertiary/aromatic N) is 1. The van der Waals surface area contributed by atoms with Gasteiger partial charge in [0.15, 0.2) is 0 Å². The highest BCUT2D eigenvalue weighted by Gasteiger charge is 2.25. The molecule has 88 valence electrons. The molecule has 0 amide bonds. The average molecular weight is 215 g/mol. The zero-order valence-corrected chi connectivity index (χ0v) is 9.70. The summed E-state index contributed by atoms with van der Waals surface area (Å²) in [5, 5.41) is 0. The number of carbonyl (C=O) groups excluding carboxylic acids is 1. The minimum atomic E-state index is -0.0955. The highest BCUT2D eigenvalue weighted by molar-refractivity contribution is 5.75. The first kappa shape index (κ1) is 12.5. The van der Waals surface area contributed by atoms with Crippen LogP contribution in [0, 0.1) is 0 Å². The maximum atomic E-state index is 11.7. The Morgan fingerprint density at radius 1 is 1.40 bits per heavy atom. The van der Waals surface area contributed by atoms with E-state index in [0.29, 0.717) is 6.61 Å². The van der Waals surface area contributed by atoms with Crippen molar-refractivity contribution >= 4 is 5.97 Å². The molecule has 1 aliphatic heterocycles. The maximum absolute atomic E-state index is 11.7. The van der Waals surface area contributed by atoms with Crippen LogP contribution in [-0.4, -0.2) is 49.8 Å². The van der Waals surface area contributed by atoms with Crippen LogP contribution in [0.3, 0.4) is 0 Å². The van der Waals surface area contributed by atoms with Crippen LogP contribution in [0.1, 0.15) is 26.7 Å². The van der Waals surface area contributed by atoms with Gasteiger partial charge in [-0.15, -0.1) is 0 Å². The molecule has 4 heteroatoms. The van der Waals surface area contributed by atoms with Gasteiger partial charge in [0.05, 0.1) is 13.2 Å². The number of carbonyl (C=O) groups is 1. The van der Waals surface area contributed by atoms with Crippen LogP contribution in [0.15, 0.2) is 0 Å². The van der Waals surface area contributed by atoms with Crippen LogP contribution in [0.25, 0.3) is 0 Å². The molecule has 1 saturated heterocycles. The first-order chi connectivity index (χ1) is 7.29. The Balaban J connectivity index is 2.51. The van der Waals surface area contributed by atoms with E-state index in [1.54, 1.807) is 0 Å². The fraction of sp³-hybridized carbons (Fsp3) is 0.909. The van der Waals surface area contributed by atoms with Gasteiger partial charge < -0.3 is 9.47 Å². The van der Waals surface area contributed by atoms with Crippen LogP contribution in [0.5, 0.6) is 0 Å². The van der Waals surface area contributed by atoms with Gasteiger partial charge in [-0.3, -0.25) is 9.69 Å². The zero-order chi connectivity index (χ0) is 11.1. The maximum Gasteiger partial charge on any atom is 0.323 e. The predicted molar refractivity (Wildman–Crippen MR) is 57.7 cm³/mol. The normalized spacial score (nSPS) is 20.7. The Labute approximate surface area is 91.5 Å². The van der Waals surface area contributed by atoms with Crippen LogP contribution in [-0.2, 0) is 14.3 Å². The van der Waals surface area contributed by atoms with Gasteiger partial charge in [0.1, 0.15) is 6.04 Å². The summed E-state index contributed by atoms with van der Waals surface area (Å²) in [6.45, 7) is 7.60. The minimum Gasteiger partial charge on any atom is -0.465 e. The lowest BCUT2D eigenvalue weighted by atomic mass is 10.2. The SMILES string of the molecule is CCOC(=O)C(CC)N1CCCOCC1. The summed E-state index contributed by atoms with van der Waals surface area (Å²) in [6, 6.07) is -0.0911. The molecule has 0 aromatic carbocycles. The molecule has 1 aliphatic rings. The summed E-state index contributed by atoms with van der Waals surface area (Å²) in [6.07, 6.45) is 1.80. The molecule has 0 bridgehead atoms. The Morgan fingerprint density at radius 3 is 2.87 bits per heavy atom. The quantitative estimate of drug-likeness (QED) is 0.657. The molecule has 0 radical (unpaired) electrons. The second-order valence-corrected chi connectivity index (χ2v) is 3.68. The van der Waals surface area contributed by atoms with Gasteiger partial charge in [-0.2, -0.15) is 0 Å².